The van der Waals surface area contributed by atoms with Crippen LogP contribution in [0.3, 0.4) is 0 Å². The van der Waals surface area contributed by atoms with Gasteiger partial charge in [0, 0.05) is 27.3 Å². The molecule has 0 aliphatic carbocycles. The Hall–Kier alpha value is -0.190. The Balaban J connectivity index is 2.79. The zero-order chi connectivity index (χ0) is 10.8. The maximum absolute atomic E-state index is 5.39. The number of hydrogen-bond acceptors (Lipinski definition) is 4. The Morgan fingerprint density at radius 3 is 2.36 bits per heavy atom. The Morgan fingerprint density at radius 2 is 1.93 bits per heavy atom. The van der Waals surface area contributed by atoms with Crippen LogP contribution in [-0.4, -0.2) is 30.4 Å². The van der Waals surface area contributed by atoms with E-state index in [0.717, 1.165) is 0 Å². The lowest BCUT2D eigenvalue weighted by molar-refractivity contribution is -0.273. The van der Waals surface area contributed by atoms with Crippen molar-refractivity contribution in [2.75, 3.05) is 14.2 Å². The van der Waals surface area contributed by atoms with Crippen molar-refractivity contribution >= 4 is 11.8 Å². The highest BCUT2D eigenvalue weighted by molar-refractivity contribution is 8.02. The first-order valence-corrected chi connectivity index (χ1v) is 5.70. The van der Waals surface area contributed by atoms with E-state index in [1.807, 2.05) is 13.1 Å². The van der Waals surface area contributed by atoms with Gasteiger partial charge in [0.2, 0.25) is 5.91 Å². The van der Waals surface area contributed by atoms with E-state index in [1.165, 1.54) is 0 Å². The Bertz CT molecular complexity index is 214. The minimum atomic E-state index is -0.658. The van der Waals surface area contributed by atoms with Gasteiger partial charge in [-0.1, -0.05) is 13.8 Å². The van der Waals surface area contributed by atoms with Crippen LogP contribution in [0.15, 0.2) is 11.6 Å². The maximum atomic E-state index is 5.39. The first kappa shape index (κ1) is 11.9. The predicted octanol–water partition coefficient (Wildman–Crippen LogP) is 2.46. The molecule has 1 heterocycles. The van der Waals surface area contributed by atoms with Gasteiger partial charge in [0.15, 0.2) is 0 Å². The van der Waals surface area contributed by atoms with Gasteiger partial charge in [0.1, 0.15) is 0 Å². The number of ether oxygens (including phenoxy) is 2. The molecule has 0 spiro atoms. The molecule has 0 amide bonds. The highest BCUT2D eigenvalue weighted by atomic mass is 32.2. The second-order valence-corrected chi connectivity index (χ2v) is 4.80. The number of thioether (sulfide) groups is 1. The third kappa shape index (κ3) is 2.07. The van der Waals surface area contributed by atoms with E-state index >= 15 is 0 Å². The number of rotatable bonds is 4. The van der Waals surface area contributed by atoms with E-state index in [0.29, 0.717) is 11.3 Å². The summed E-state index contributed by atoms with van der Waals surface area (Å²) in [5.41, 5.74) is 0. The van der Waals surface area contributed by atoms with Crippen LogP contribution in [-0.2, 0) is 9.47 Å². The molecule has 1 rings (SSSR count). The number of hydrogen-bond donors (Lipinski definition) is 0. The minimum Gasteiger partial charge on any atom is -0.336 e. The van der Waals surface area contributed by atoms with Gasteiger partial charge in [-0.2, -0.15) is 0 Å². The van der Waals surface area contributed by atoms with Gasteiger partial charge in [-0.15, -0.1) is 11.8 Å². The summed E-state index contributed by atoms with van der Waals surface area (Å²) in [6, 6.07) is 0. The van der Waals surface area contributed by atoms with Crippen LogP contribution in [0.5, 0.6) is 0 Å². The molecule has 82 valence electrons. The molecule has 0 aromatic carbocycles. The fraction of sp³-hybridized carbons (Fsp3) is 0.800. The van der Waals surface area contributed by atoms with Crippen LogP contribution < -0.4 is 0 Å². The molecule has 1 atom stereocenters. The van der Waals surface area contributed by atoms with Crippen LogP contribution in [0.2, 0.25) is 0 Å². The van der Waals surface area contributed by atoms with E-state index in [4.69, 9.17) is 9.47 Å². The molecule has 0 fully saturated rings. The summed E-state index contributed by atoms with van der Waals surface area (Å²) in [6.45, 7) is 6.32. The van der Waals surface area contributed by atoms with Gasteiger partial charge in [-0.05, 0) is 11.3 Å². The molecule has 4 heteroatoms. The van der Waals surface area contributed by atoms with Crippen LogP contribution in [0.25, 0.3) is 0 Å². The Morgan fingerprint density at radius 1 is 1.36 bits per heavy atom. The van der Waals surface area contributed by atoms with Gasteiger partial charge in [0.25, 0.3) is 0 Å². The SMILES string of the molecule is COC(C)(OC)N1C=CSC1C(C)C. The van der Waals surface area contributed by atoms with Gasteiger partial charge < -0.3 is 14.4 Å². The largest absolute Gasteiger partial charge is 0.336 e. The Kier molecular flexibility index (Phi) is 3.86. The molecule has 0 saturated heterocycles. The molecular formula is C10H19NO2S. The molecule has 0 aromatic heterocycles. The maximum Gasteiger partial charge on any atom is 0.248 e. The second-order valence-electron chi connectivity index (χ2n) is 3.77. The van der Waals surface area contributed by atoms with Crippen LogP contribution >= 0.6 is 11.8 Å². The zero-order valence-corrected chi connectivity index (χ0v) is 10.3. The molecule has 3 nitrogen and oxygen atoms in total. The topological polar surface area (TPSA) is 21.7 Å². The fourth-order valence-electron chi connectivity index (χ4n) is 1.47. The molecule has 0 N–H and O–H groups in total. The standard InChI is InChI=1S/C10H19NO2S/c1-8(2)9-11(6-7-14-9)10(3,12-4)13-5/h6-9H,1-5H3. The zero-order valence-electron chi connectivity index (χ0n) is 9.48. The summed E-state index contributed by atoms with van der Waals surface area (Å²) >= 11 is 1.80. The van der Waals surface area contributed by atoms with Gasteiger partial charge in [-0.3, -0.25) is 0 Å². The summed E-state index contributed by atoms with van der Waals surface area (Å²) in [4.78, 5) is 2.11. The molecule has 0 bridgehead atoms. The van der Waals surface area contributed by atoms with Crippen molar-refractivity contribution in [3.05, 3.63) is 11.6 Å². The predicted molar refractivity (Wildman–Crippen MR) is 59.6 cm³/mol. The molecule has 1 aliphatic heterocycles. The first-order chi connectivity index (χ1) is 6.55. The fourth-order valence-corrected chi connectivity index (χ4v) is 2.54. The van der Waals surface area contributed by atoms with Crippen molar-refractivity contribution in [3.8, 4) is 0 Å². The lowest BCUT2D eigenvalue weighted by atomic mass is 10.2. The molecule has 1 aliphatic rings. The van der Waals surface area contributed by atoms with Gasteiger partial charge >= 0.3 is 0 Å². The van der Waals surface area contributed by atoms with Gasteiger partial charge in [0.05, 0.1) is 5.37 Å². The summed E-state index contributed by atoms with van der Waals surface area (Å²) < 4.78 is 10.8. The summed E-state index contributed by atoms with van der Waals surface area (Å²) in [7, 11) is 3.33. The van der Waals surface area contributed by atoms with Crippen molar-refractivity contribution in [3.63, 3.8) is 0 Å². The lowest BCUT2D eigenvalue weighted by Crippen LogP contribution is -2.50. The average molecular weight is 217 g/mol. The Labute approximate surface area is 90.4 Å². The third-order valence-corrected chi connectivity index (χ3v) is 3.84. The monoisotopic (exact) mass is 217 g/mol. The molecule has 1 unspecified atom stereocenters. The van der Waals surface area contributed by atoms with Crippen LogP contribution in [0.4, 0.5) is 0 Å². The summed E-state index contributed by atoms with van der Waals surface area (Å²) in [6.07, 6.45) is 2.03. The van der Waals surface area contributed by atoms with E-state index in [-0.39, 0.29) is 0 Å². The van der Waals surface area contributed by atoms with E-state index in [9.17, 15) is 0 Å². The number of methoxy groups -OCH3 is 2. The minimum absolute atomic E-state index is 0.389. The molecular weight excluding hydrogens is 198 g/mol. The molecule has 0 radical (unpaired) electrons. The molecule has 14 heavy (non-hydrogen) atoms. The van der Waals surface area contributed by atoms with E-state index in [2.05, 4.69) is 24.2 Å². The van der Waals surface area contributed by atoms with E-state index in [1.54, 1.807) is 26.0 Å². The smallest absolute Gasteiger partial charge is 0.248 e. The van der Waals surface area contributed by atoms with Crippen molar-refractivity contribution in [1.82, 2.24) is 4.90 Å². The average Bonchev–Trinajstić information content (AvgIpc) is 2.65. The molecule has 0 aromatic rings. The number of nitrogens with zero attached hydrogens (tertiary/aromatic N) is 1. The highest BCUT2D eigenvalue weighted by Gasteiger charge is 2.38. The van der Waals surface area contributed by atoms with Crippen molar-refractivity contribution < 1.29 is 9.47 Å². The summed E-state index contributed by atoms with van der Waals surface area (Å²) in [5.74, 6) is -0.103. The van der Waals surface area contributed by atoms with Gasteiger partial charge in [-0.25, -0.2) is 0 Å². The quantitative estimate of drug-likeness (QED) is 0.674. The highest BCUT2D eigenvalue weighted by Crippen LogP contribution is 2.36. The summed E-state index contributed by atoms with van der Waals surface area (Å²) in [5, 5.41) is 2.47. The van der Waals surface area contributed by atoms with Crippen molar-refractivity contribution in [2.45, 2.75) is 32.1 Å². The molecule has 0 saturated carbocycles. The first-order valence-electron chi connectivity index (χ1n) is 4.76. The van der Waals surface area contributed by atoms with Crippen molar-refractivity contribution in [2.24, 2.45) is 5.92 Å². The third-order valence-electron chi connectivity index (χ3n) is 2.51. The van der Waals surface area contributed by atoms with Crippen LogP contribution in [0.1, 0.15) is 20.8 Å². The van der Waals surface area contributed by atoms with E-state index < -0.39 is 5.91 Å². The lowest BCUT2D eigenvalue weighted by Gasteiger charge is -2.40. The normalized spacial score (nSPS) is 22.4. The second kappa shape index (κ2) is 4.55. The van der Waals surface area contributed by atoms with Crippen LogP contribution in [0, 0.1) is 5.92 Å². The van der Waals surface area contributed by atoms with Crippen molar-refractivity contribution in [1.29, 1.82) is 0 Å².